The Hall–Kier alpha value is -1.92. The molecule has 0 aromatic carbocycles. The number of rotatable bonds is 63. The summed E-state index contributed by atoms with van der Waals surface area (Å²) in [6.45, 7) is 4.91. The van der Waals surface area contributed by atoms with Gasteiger partial charge in [0.05, 0.1) is 25.4 Å². The summed E-state index contributed by atoms with van der Waals surface area (Å²) in [5.74, 6) is -0.0819. The Kier molecular flexibility index (Phi) is 63.0. The second-order valence-corrected chi connectivity index (χ2v) is 23.1. The Labute approximate surface area is 468 Å². The number of allylic oxidation sites excluding steroid dienone is 5. The number of aliphatic hydroxyl groups is 2. The molecule has 75 heavy (non-hydrogen) atoms. The van der Waals surface area contributed by atoms with Crippen LogP contribution in [0, 0.1) is 0 Å². The number of hydrogen-bond acceptors (Lipinski definition) is 5. The van der Waals surface area contributed by atoms with Crippen LogP contribution in [0.4, 0.5) is 0 Å². The standard InChI is InChI=1S/C69H131NO5/c1-3-5-7-9-11-13-15-17-19-21-23-24-25-26-27-29-33-37-41-45-49-53-57-61-67(72)66(65-71)70-68(73)62-58-54-50-46-42-38-34-30-28-32-36-40-44-48-52-56-60-64-75-69(74)63-59-55-51-47-43-39-35-31-22-20-18-16-14-12-10-8-6-4-2/h20,22,28,32,57,61,66-67,71-72H,3-19,21,23-27,29-31,33-56,58-60,62-65H2,1-2H3,(H,70,73)/b22-20-,32-28-,61-57+. The maximum atomic E-state index is 12.5. The lowest BCUT2D eigenvalue weighted by atomic mass is 10.0. The first-order chi connectivity index (χ1) is 37.0. The predicted octanol–water partition coefficient (Wildman–Crippen LogP) is 21.5. The normalized spacial score (nSPS) is 12.7. The monoisotopic (exact) mass is 1050 g/mol. The van der Waals surface area contributed by atoms with Crippen LogP contribution in [0.3, 0.4) is 0 Å². The summed E-state index contributed by atoms with van der Waals surface area (Å²) in [5, 5.41) is 23.2. The fraction of sp³-hybridized carbons (Fsp3) is 0.884. The van der Waals surface area contributed by atoms with Gasteiger partial charge in [-0.25, -0.2) is 0 Å². The first-order valence-electron chi connectivity index (χ1n) is 33.8. The van der Waals surface area contributed by atoms with E-state index in [0.29, 0.717) is 19.4 Å². The summed E-state index contributed by atoms with van der Waals surface area (Å²) in [4.78, 5) is 24.6. The third-order valence-corrected chi connectivity index (χ3v) is 15.6. The zero-order valence-corrected chi connectivity index (χ0v) is 50.5. The Morgan fingerprint density at radius 2 is 0.627 bits per heavy atom. The third-order valence-electron chi connectivity index (χ3n) is 15.6. The molecule has 0 saturated heterocycles. The Morgan fingerprint density at radius 1 is 0.360 bits per heavy atom. The number of esters is 1. The number of carbonyl (C=O) groups excluding carboxylic acids is 2. The van der Waals surface area contributed by atoms with Crippen molar-refractivity contribution in [2.75, 3.05) is 13.2 Å². The Morgan fingerprint density at radius 3 is 0.947 bits per heavy atom. The zero-order valence-electron chi connectivity index (χ0n) is 50.5. The molecule has 3 N–H and O–H groups in total. The van der Waals surface area contributed by atoms with Gasteiger partial charge in [-0.3, -0.25) is 9.59 Å². The molecule has 1 amide bonds. The number of ether oxygens (including phenoxy) is 1. The summed E-state index contributed by atoms with van der Waals surface area (Å²) in [6.07, 6.45) is 82.0. The molecule has 0 saturated carbocycles. The minimum absolute atomic E-state index is 0.00502. The molecule has 442 valence electrons. The largest absolute Gasteiger partial charge is 0.466 e. The average molecular weight is 1050 g/mol. The molecule has 0 rings (SSSR count). The Balaban J connectivity index is 3.47. The maximum absolute atomic E-state index is 12.5. The van der Waals surface area contributed by atoms with Gasteiger partial charge in [0.15, 0.2) is 0 Å². The van der Waals surface area contributed by atoms with E-state index in [1.54, 1.807) is 6.08 Å². The van der Waals surface area contributed by atoms with E-state index in [1.807, 2.05) is 6.08 Å². The summed E-state index contributed by atoms with van der Waals surface area (Å²) in [6, 6.07) is -0.639. The zero-order chi connectivity index (χ0) is 54.3. The molecule has 0 radical (unpaired) electrons. The second-order valence-electron chi connectivity index (χ2n) is 23.1. The molecule has 6 heteroatoms. The Bertz CT molecular complexity index is 1210. The molecule has 0 aromatic heterocycles. The third kappa shape index (κ3) is 61.2. The highest BCUT2D eigenvalue weighted by molar-refractivity contribution is 5.76. The number of aliphatic hydroxyl groups excluding tert-OH is 2. The van der Waals surface area contributed by atoms with Crippen molar-refractivity contribution in [1.29, 1.82) is 0 Å². The molecule has 0 heterocycles. The quantitative estimate of drug-likeness (QED) is 0.0320. The average Bonchev–Trinajstić information content (AvgIpc) is 3.41. The van der Waals surface area contributed by atoms with Gasteiger partial charge in [-0.05, 0) is 83.5 Å². The number of carbonyl (C=O) groups is 2. The first-order valence-corrected chi connectivity index (χ1v) is 33.8. The van der Waals surface area contributed by atoms with Gasteiger partial charge in [0, 0.05) is 12.8 Å². The molecule has 2 unspecified atom stereocenters. The number of unbranched alkanes of at least 4 members (excludes halogenated alkanes) is 48. The molecular formula is C69H131NO5. The van der Waals surface area contributed by atoms with Gasteiger partial charge >= 0.3 is 5.97 Å². The van der Waals surface area contributed by atoms with Gasteiger partial charge in [0.2, 0.25) is 5.91 Å². The van der Waals surface area contributed by atoms with Gasteiger partial charge in [-0.1, -0.05) is 307 Å². The van der Waals surface area contributed by atoms with Crippen molar-refractivity contribution in [1.82, 2.24) is 5.32 Å². The van der Waals surface area contributed by atoms with Crippen molar-refractivity contribution in [3.05, 3.63) is 36.5 Å². The lowest BCUT2D eigenvalue weighted by Gasteiger charge is -2.20. The topological polar surface area (TPSA) is 95.9 Å². The van der Waals surface area contributed by atoms with E-state index in [1.165, 1.54) is 283 Å². The van der Waals surface area contributed by atoms with Crippen molar-refractivity contribution in [2.24, 2.45) is 0 Å². The van der Waals surface area contributed by atoms with E-state index < -0.39 is 12.1 Å². The van der Waals surface area contributed by atoms with Crippen LogP contribution in [-0.2, 0) is 14.3 Å². The highest BCUT2D eigenvalue weighted by Crippen LogP contribution is 2.18. The number of nitrogens with one attached hydrogen (secondary N) is 1. The van der Waals surface area contributed by atoms with Crippen LogP contribution < -0.4 is 5.32 Å². The molecule has 0 aliphatic rings. The maximum Gasteiger partial charge on any atom is 0.305 e. The van der Waals surface area contributed by atoms with Gasteiger partial charge in [0.25, 0.3) is 0 Å². The van der Waals surface area contributed by atoms with E-state index >= 15 is 0 Å². The highest BCUT2D eigenvalue weighted by Gasteiger charge is 2.18. The summed E-state index contributed by atoms with van der Waals surface area (Å²) in [7, 11) is 0. The molecule has 0 bridgehead atoms. The second kappa shape index (κ2) is 64.6. The summed E-state index contributed by atoms with van der Waals surface area (Å²) in [5.41, 5.74) is 0. The number of amides is 1. The van der Waals surface area contributed by atoms with Crippen molar-refractivity contribution < 1.29 is 24.5 Å². The van der Waals surface area contributed by atoms with Crippen LogP contribution in [0.1, 0.15) is 367 Å². The van der Waals surface area contributed by atoms with Crippen LogP contribution >= 0.6 is 0 Å². The lowest BCUT2D eigenvalue weighted by molar-refractivity contribution is -0.143. The van der Waals surface area contributed by atoms with Gasteiger partial charge < -0.3 is 20.3 Å². The minimum Gasteiger partial charge on any atom is -0.466 e. The molecule has 0 fully saturated rings. The van der Waals surface area contributed by atoms with Gasteiger partial charge in [-0.15, -0.1) is 0 Å². The molecule has 0 aliphatic heterocycles. The smallest absolute Gasteiger partial charge is 0.305 e. The van der Waals surface area contributed by atoms with Crippen LogP contribution in [0.25, 0.3) is 0 Å². The minimum atomic E-state index is -0.854. The SMILES string of the molecule is CCCCCCCCC/C=C\CCCCCCCCCC(=O)OCCCCCCCC/C=C\CCCCCCCCCC(=O)NC(CO)C(O)/C=C/CCCCCCCCCCCCCCCCCCCCCCC. The first kappa shape index (κ1) is 73.1. The van der Waals surface area contributed by atoms with Crippen LogP contribution in [0.5, 0.6) is 0 Å². The van der Waals surface area contributed by atoms with E-state index in [-0.39, 0.29) is 18.5 Å². The van der Waals surface area contributed by atoms with Crippen LogP contribution in [-0.4, -0.2) is 47.4 Å². The molecule has 6 nitrogen and oxygen atoms in total. The molecule has 0 spiro atoms. The molecular weight excluding hydrogens is 923 g/mol. The summed E-state index contributed by atoms with van der Waals surface area (Å²) < 4.78 is 5.49. The van der Waals surface area contributed by atoms with Crippen molar-refractivity contribution in [3.8, 4) is 0 Å². The highest BCUT2D eigenvalue weighted by atomic mass is 16.5. The van der Waals surface area contributed by atoms with Crippen LogP contribution in [0.15, 0.2) is 36.5 Å². The van der Waals surface area contributed by atoms with E-state index in [4.69, 9.17) is 4.74 Å². The summed E-state index contributed by atoms with van der Waals surface area (Å²) >= 11 is 0. The van der Waals surface area contributed by atoms with E-state index in [0.717, 1.165) is 57.8 Å². The number of hydrogen-bond donors (Lipinski definition) is 3. The van der Waals surface area contributed by atoms with Crippen molar-refractivity contribution in [3.63, 3.8) is 0 Å². The fourth-order valence-electron chi connectivity index (χ4n) is 10.4. The fourth-order valence-corrected chi connectivity index (χ4v) is 10.4. The van der Waals surface area contributed by atoms with E-state index in [9.17, 15) is 19.8 Å². The van der Waals surface area contributed by atoms with Gasteiger partial charge in [0.1, 0.15) is 0 Å². The van der Waals surface area contributed by atoms with Crippen molar-refractivity contribution in [2.45, 2.75) is 379 Å². The van der Waals surface area contributed by atoms with E-state index in [2.05, 4.69) is 43.5 Å². The molecule has 2 atom stereocenters. The molecule has 0 aromatic rings. The van der Waals surface area contributed by atoms with Gasteiger partial charge in [-0.2, -0.15) is 0 Å². The van der Waals surface area contributed by atoms with Crippen molar-refractivity contribution >= 4 is 11.9 Å². The van der Waals surface area contributed by atoms with Crippen LogP contribution in [0.2, 0.25) is 0 Å². The lowest BCUT2D eigenvalue weighted by Crippen LogP contribution is -2.45. The predicted molar refractivity (Wildman–Crippen MR) is 329 cm³/mol. The molecule has 0 aliphatic carbocycles.